The van der Waals surface area contributed by atoms with Gasteiger partial charge in [-0.1, -0.05) is 0 Å². The van der Waals surface area contributed by atoms with Crippen LogP contribution >= 0.6 is 11.3 Å². The first-order chi connectivity index (χ1) is 9.33. The molecule has 3 aromatic heterocycles. The van der Waals surface area contributed by atoms with Crippen molar-refractivity contribution in [1.29, 1.82) is 0 Å². The number of aromatic amines is 1. The molecule has 0 bridgehead atoms. The van der Waals surface area contributed by atoms with Crippen LogP contribution in [0.4, 0.5) is 0 Å². The fourth-order valence-corrected chi connectivity index (χ4v) is 2.43. The normalized spacial score (nSPS) is 12.5. The molecule has 0 aliphatic rings. The minimum atomic E-state index is -0.737. The van der Waals surface area contributed by atoms with Gasteiger partial charge in [0, 0.05) is 36.9 Å². The van der Waals surface area contributed by atoms with E-state index in [2.05, 4.69) is 19.9 Å². The SMILES string of the molecule is OC(c1ncc(Cc2ccncc2)[nH]1)c1cncs1. The Morgan fingerprint density at radius 1 is 1.21 bits per heavy atom. The van der Waals surface area contributed by atoms with Crippen LogP contribution in [0.1, 0.15) is 28.1 Å². The second-order valence-electron chi connectivity index (χ2n) is 4.13. The van der Waals surface area contributed by atoms with Crippen molar-refractivity contribution in [2.75, 3.05) is 0 Å². The molecule has 0 aromatic carbocycles. The summed E-state index contributed by atoms with van der Waals surface area (Å²) in [6, 6.07) is 3.92. The van der Waals surface area contributed by atoms with E-state index in [0.29, 0.717) is 5.82 Å². The van der Waals surface area contributed by atoms with E-state index in [4.69, 9.17) is 0 Å². The highest BCUT2D eigenvalue weighted by Gasteiger charge is 2.15. The van der Waals surface area contributed by atoms with Crippen molar-refractivity contribution in [3.63, 3.8) is 0 Å². The van der Waals surface area contributed by atoms with E-state index >= 15 is 0 Å². The maximum Gasteiger partial charge on any atom is 0.147 e. The molecule has 0 aliphatic carbocycles. The van der Waals surface area contributed by atoms with Gasteiger partial charge in [-0.3, -0.25) is 9.97 Å². The molecule has 0 saturated carbocycles. The Kier molecular flexibility index (Phi) is 3.35. The summed E-state index contributed by atoms with van der Waals surface area (Å²) in [5.74, 6) is 0.549. The molecule has 0 aliphatic heterocycles. The Balaban J connectivity index is 1.76. The topological polar surface area (TPSA) is 74.7 Å². The summed E-state index contributed by atoms with van der Waals surface area (Å²) in [4.78, 5) is 16.1. The lowest BCUT2D eigenvalue weighted by atomic mass is 10.1. The number of thiazole rings is 1. The van der Waals surface area contributed by atoms with Crippen LogP contribution in [0.15, 0.2) is 42.4 Å². The molecule has 2 N–H and O–H groups in total. The Bertz CT molecular complexity index is 636. The highest BCUT2D eigenvalue weighted by atomic mass is 32.1. The van der Waals surface area contributed by atoms with Gasteiger partial charge < -0.3 is 10.1 Å². The zero-order chi connectivity index (χ0) is 13.1. The van der Waals surface area contributed by atoms with Gasteiger partial charge in [0.05, 0.1) is 10.4 Å². The van der Waals surface area contributed by atoms with Gasteiger partial charge in [-0.05, 0) is 17.7 Å². The Morgan fingerprint density at radius 2 is 2.05 bits per heavy atom. The molecule has 1 atom stereocenters. The Morgan fingerprint density at radius 3 is 2.79 bits per heavy atom. The van der Waals surface area contributed by atoms with Crippen molar-refractivity contribution < 1.29 is 5.11 Å². The monoisotopic (exact) mass is 272 g/mol. The van der Waals surface area contributed by atoms with Crippen molar-refractivity contribution in [2.24, 2.45) is 0 Å². The number of imidazole rings is 1. The molecule has 19 heavy (non-hydrogen) atoms. The maximum absolute atomic E-state index is 10.1. The number of H-pyrrole nitrogens is 1. The van der Waals surface area contributed by atoms with Gasteiger partial charge in [0.1, 0.15) is 11.9 Å². The highest BCUT2D eigenvalue weighted by molar-refractivity contribution is 7.09. The number of pyridine rings is 1. The van der Waals surface area contributed by atoms with E-state index < -0.39 is 6.10 Å². The fraction of sp³-hybridized carbons (Fsp3) is 0.154. The standard InChI is InChI=1S/C13H12N4OS/c18-12(11-7-15-8-19-11)13-16-6-10(17-13)5-9-1-3-14-4-2-9/h1-4,6-8,12,18H,5H2,(H,16,17). The molecule has 0 fully saturated rings. The second kappa shape index (κ2) is 5.29. The minimum Gasteiger partial charge on any atom is -0.379 e. The second-order valence-corrected chi connectivity index (χ2v) is 5.05. The molecule has 0 spiro atoms. The summed E-state index contributed by atoms with van der Waals surface area (Å²) in [7, 11) is 0. The van der Waals surface area contributed by atoms with Crippen LogP contribution in [0.25, 0.3) is 0 Å². The summed E-state index contributed by atoms with van der Waals surface area (Å²) in [5, 5.41) is 10.1. The Labute approximate surface area is 114 Å². The van der Waals surface area contributed by atoms with Gasteiger partial charge in [-0.25, -0.2) is 4.98 Å². The number of nitrogens with one attached hydrogen (secondary N) is 1. The van der Waals surface area contributed by atoms with Crippen LogP contribution in [-0.2, 0) is 6.42 Å². The average Bonchev–Trinajstić information content (AvgIpc) is 3.10. The summed E-state index contributed by atoms with van der Waals surface area (Å²) >= 11 is 1.41. The van der Waals surface area contributed by atoms with Crippen LogP contribution < -0.4 is 0 Å². The van der Waals surface area contributed by atoms with E-state index in [0.717, 1.165) is 22.6 Å². The third-order valence-corrected chi connectivity index (χ3v) is 3.60. The first-order valence-electron chi connectivity index (χ1n) is 5.82. The van der Waals surface area contributed by atoms with Gasteiger partial charge in [0.25, 0.3) is 0 Å². The van der Waals surface area contributed by atoms with Crippen LogP contribution in [0.3, 0.4) is 0 Å². The Hall–Kier alpha value is -2.05. The molecule has 96 valence electrons. The molecule has 3 aromatic rings. The molecular weight excluding hydrogens is 260 g/mol. The lowest BCUT2D eigenvalue weighted by Gasteiger charge is -2.03. The summed E-state index contributed by atoms with van der Waals surface area (Å²) in [5.41, 5.74) is 3.81. The first kappa shape index (κ1) is 12.0. The van der Waals surface area contributed by atoms with Crippen LogP contribution in [0.2, 0.25) is 0 Å². The quantitative estimate of drug-likeness (QED) is 0.761. The summed E-state index contributed by atoms with van der Waals surface area (Å²) in [6.07, 6.45) is 6.93. The van der Waals surface area contributed by atoms with Crippen molar-refractivity contribution in [3.05, 3.63) is 64.4 Å². The lowest BCUT2D eigenvalue weighted by Crippen LogP contribution is -2.00. The average molecular weight is 272 g/mol. The van der Waals surface area contributed by atoms with E-state index in [1.807, 2.05) is 12.1 Å². The molecule has 0 saturated heterocycles. The predicted molar refractivity (Wildman–Crippen MR) is 71.8 cm³/mol. The third kappa shape index (κ3) is 2.69. The maximum atomic E-state index is 10.1. The van der Waals surface area contributed by atoms with Gasteiger partial charge in [-0.2, -0.15) is 0 Å². The van der Waals surface area contributed by atoms with Crippen molar-refractivity contribution in [2.45, 2.75) is 12.5 Å². The van der Waals surface area contributed by atoms with Crippen molar-refractivity contribution in [1.82, 2.24) is 19.9 Å². The molecular formula is C13H12N4OS. The fourth-order valence-electron chi connectivity index (χ4n) is 1.82. The number of aliphatic hydroxyl groups excluding tert-OH is 1. The lowest BCUT2D eigenvalue weighted by molar-refractivity contribution is 0.214. The number of rotatable bonds is 4. The van der Waals surface area contributed by atoms with Gasteiger partial charge in [0.2, 0.25) is 0 Å². The first-order valence-corrected chi connectivity index (χ1v) is 6.70. The van der Waals surface area contributed by atoms with E-state index in [1.165, 1.54) is 11.3 Å². The van der Waals surface area contributed by atoms with Crippen LogP contribution in [-0.4, -0.2) is 25.0 Å². The molecule has 6 heteroatoms. The summed E-state index contributed by atoms with van der Waals surface area (Å²) < 4.78 is 0. The third-order valence-electron chi connectivity index (χ3n) is 2.77. The number of nitrogens with zero attached hydrogens (tertiary/aromatic N) is 3. The van der Waals surface area contributed by atoms with E-state index in [9.17, 15) is 5.11 Å². The number of hydrogen-bond donors (Lipinski definition) is 2. The smallest absolute Gasteiger partial charge is 0.147 e. The van der Waals surface area contributed by atoms with Gasteiger partial charge in [0.15, 0.2) is 0 Å². The van der Waals surface area contributed by atoms with Crippen molar-refractivity contribution in [3.8, 4) is 0 Å². The number of aliphatic hydroxyl groups is 1. The highest BCUT2D eigenvalue weighted by Crippen LogP contribution is 2.22. The van der Waals surface area contributed by atoms with Crippen molar-refractivity contribution >= 4 is 11.3 Å². The van der Waals surface area contributed by atoms with Gasteiger partial charge in [-0.15, -0.1) is 11.3 Å². The van der Waals surface area contributed by atoms with Crippen LogP contribution in [0, 0.1) is 0 Å². The van der Waals surface area contributed by atoms with Gasteiger partial charge >= 0.3 is 0 Å². The zero-order valence-corrected chi connectivity index (χ0v) is 10.8. The molecule has 3 rings (SSSR count). The van der Waals surface area contributed by atoms with E-state index in [1.54, 1.807) is 30.3 Å². The largest absolute Gasteiger partial charge is 0.379 e. The van der Waals surface area contributed by atoms with E-state index in [-0.39, 0.29) is 0 Å². The molecule has 0 amide bonds. The number of hydrogen-bond acceptors (Lipinski definition) is 5. The molecule has 1 unspecified atom stereocenters. The number of aromatic nitrogens is 4. The minimum absolute atomic E-state index is 0.549. The summed E-state index contributed by atoms with van der Waals surface area (Å²) in [6.45, 7) is 0. The predicted octanol–water partition coefficient (Wildman–Crippen LogP) is 1.93. The molecule has 0 radical (unpaired) electrons. The zero-order valence-electron chi connectivity index (χ0n) is 10.0. The van der Waals surface area contributed by atoms with Crippen LogP contribution in [0.5, 0.6) is 0 Å². The molecule has 3 heterocycles. The molecule has 5 nitrogen and oxygen atoms in total.